The lowest BCUT2D eigenvalue weighted by atomic mass is 10.2. The fourth-order valence-corrected chi connectivity index (χ4v) is 4.72. The number of amides is 2. The molecule has 4 aromatic heterocycles. The molecular formula is C23H24N6O4S. The lowest BCUT2D eigenvalue weighted by Gasteiger charge is -2.22. The van der Waals surface area contributed by atoms with Gasteiger partial charge in [0.2, 0.25) is 5.91 Å². The molecule has 0 unspecified atom stereocenters. The summed E-state index contributed by atoms with van der Waals surface area (Å²) in [6.07, 6.45) is 8.87. The number of ether oxygens (including phenoxy) is 1. The predicted octanol–water partition coefficient (Wildman–Crippen LogP) is 2.77. The predicted molar refractivity (Wildman–Crippen MR) is 125 cm³/mol. The summed E-state index contributed by atoms with van der Waals surface area (Å²) in [5.74, 6) is 0.232. The summed E-state index contributed by atoms with van der Waals surface area (Å²) in [5, 5.41) is 7.30. The summed E-state index contributed by atoms with van der Waals surface area (Å²) in [6, 6.07) is 5.59. The molecule has 1 atom stereocenters. The summed E-state index contributed by atoms with van der Waals surface area (Å²) < 4.78 is 12.7. The maximum Gasteiger partial charge on any atom is 0.263 e. The van der Waals surface area contributed by atoms with Crippen LogP contribution in [0.4, 0.5) is 5.13 Å². The average Bonchev–Trinajstić information content (AvgIpc) is 3.63. The van der Waals surface area contributed by atoms with E-state index >= 15 is 0 Å². The molecule has 176 valence electrons. The van der Waals surface area contributed by atoms with Crippen molar-refractivity contribution in [3.05, 3.63) is 64.9 Å². The number of thiazole rings is 1. The number of carbonyl (C=O) groups is 2. The van der Waals surface area contributed by atoms with Gasteiger partial charge in [0.05, 0.1) is 31.0 Å². The third-order valence-electron chi connectivity index (χ3n) is 5.58. The van der Waals surface area contributed by atoms with Crippen LogP contribution < -0.4 is 10.2 Å². The first-order valence-electron chi connectivity index (χ1n) is 11.0. The van der Waals surface area contributed by atoms with Crippen LogP contribution in [0, 0.1) is 6.92 Å². The van der Waals surface area contributed by atoms with Gasteiger partial charge in [-0.1, -0.05) is 16.5 Å². The minimum Gasteiger partial charge on any atom is -0.376 e. The van der Waals surface area contributed by atoms with E-state index in [1.54, 1.807) is 24.1 Å². The van der Waals surface area contributed by atoms with Gasteiger partial charge in [-0.2, -0.15) is 0 Å². The highest BCUT2D eigenvalue weighted by molar-refractivity contribution is 7.17. The van der Waals surface area contributed by atoms with Crippen molar-refractivity contribution in [2.45, 2.75) is 38.8 Å². The van der Waals surface area contributed by atoms with Crippen molar-refractivity contribution >= 4 is 33.9 Å². The Morgan fingerprint density at radius 3 is 3.00 bits per heavy atom. The van der Waals surface area contributed by atoms with Gasteiger partial charge in [0.1, 0.15) is 16.3 Å². The van der Waals surface area contributed by atoms with E-state index in [2.05, 4.69) is 20.4 Å². The van der Waals surface area contributed by atoms with Crippen molar-refractivity contribution in [3.63, 3.8) is 0 Å². The average molecular weight is 481 g/mol. The van der Waals surface area contributed by atoms with Crippen molar-refractivity contribution in [2.75, 3.05) is 18.1 Å². The van der Waals surface area contributed by atoms with Gasteiger partial charge >= 0.3 is 0 Å². The minimum absolute atomic E-state index is 0.0539. The molecule has 2 amide bonds. The van der Waals surface area contributed by atoms with Crippen LogP contribution in [0.15, 0.2) is 47.5 Å². The van der Waals surface area contributed by atoms with Gasteiger partial charge in [-0.05, 0) is 37.5 Å². The van der Waals surface area contributed by atoms with E-state index in [1.807, 2.05) is 28.9 Å². The molecule has 1 fully saturated rings. The second kappa shape index (κ2) is 9.74. The summed E-state index contributed by atoms with van der Waals surface area (Å²) in [5.41, 5.74) is 2.32. The number of aromatic nitrogens is 4. The lowest BCUT2D eigenvalue weighted by Crippen LogP contribution is -2.38. The van der Waals surface area contributed by atoms with E-state index < -0.39 is 0 Å². The van der Waals surface area contributed by atoms with Crippen molar-refractivity contribution < 1.29 is 18.8 Å². The van der Waals surface area contributed by atoms with Crippen LogP contribution in [0.3, 0.4) is 0 Å². The van der Waals surface area contributed by atoms with Crippen LogP contribution in [0.25, 0.3) is 5.65 Å². The molecule has 10 nitrogen and oxygen atoms in total. The van der Waals surface area contributed by atoms with Gasteiger partial charge in [0.25, 0.3) is 5.91 Å². The number of aryl methyl sites for hydroxylation is 1. The van der Waals surface area contributed by atoms with Crippen molar-refractivity contribution in [2.24, 2.45) is 0 Å². The largest absolute Gasteiger partial charge is 0.376 e. The Morgan fingerprint density at radius 2 is 2.21 bits per heavy atom. The monoisotopic (exact) mass is 480 g/mol. The maximum atomic E-state index is 13.1. The summed E-state index contributed by atoms with van der Waals surface area (Å²) in [4.78, 5) is 36.6. The summed E-state index contributed by atoms with van der Waals surface area (Å²) >= 11 is 1.18. The third-order valence-corrected chi connectivity index (χ3v) is 6.60. The fraction of sp³-hybridized carbons (Fsp3) is 0.348. The molecule has 0 spiro atoms. The zero-order valence-corrected chi connectivity index (χ0v) is 19.5. The molecule has 0 bridgehead atoms. The van der Waals surface area contributed by atoms with Crippen LogP contribution in [0.5, 0.6) is 0 Å². The Bertz CT molecular complexity index is 1310. The zero-order valence-electron chi connectivity index (χ0n) is 18.6. The summed E-state index contributed by atoms with van der Waals surface area (Å²) in [7, 11) is 0. The maximum absolute atomic E-state index is 13.1. The molecule has 1 aliphatic rings. The second-order valence-electron chi connectivity index (χ2n) is 8.16. The number of hydrogen-bond donors (Lipinski definition) is 1. The van der Waals surface area contributed by atoms with E-state index in [-0.39, 0.29) is 24.3 Å². The fourth-order valence-electron chi connectivity index (χ4n) is 3.86. The number of hydrogen-bond acceptors (Lipinski definition) is 8. The van der Waals surface area contributed by atoms with E-state index in [4.69, 9.17) is 9.26 Å². The lowest BCUT2D eigenvalue weighted by molar-refractivity contribution is -0.118. The van der Waals surface area contributed by atoms with Gasteiger partial charge in [-0.3, -0.25) is 14.5 Å². The quantitative estimate of drug-likeness (QED) is 0.412. The highest BCUT2D eigenvalue weighted by Crippen LogP contribution is 2.26. The normalized spacial score (nSPS) is 15.6. The van der Waals surface area contributed by atoms with Crippen LogP contribution in [-0.4, -0.2) is 50.6 Å². The number of carbonyl (C=O) groups excluding carboxylic acids is 2. The Labute approximate surface area is 199 Å². The van der Waals surface area contributed by atoms with Crippen LogP contribution in [0.1, 0.15) is 39.5 Å². The van der Waals surface area contributed by atoms with E-state index in [0.29, 0.717) is 41.2 Å². The van der Waals surface area contributed by atoms with E-state index in [9.17, 15) is 9.59 Å². The highest BCUT2D eigenvalue weighted by atomic mass is 32.1. The van der Waals surface area contributed by atoms with Crippen molar-refractivity contribution in [1.29, 1.82) is 0 Å². The standard InChI is InChI=1S/C23H24N6O4S/c1-15-9-17(27-33-15)11-21(30)29(14-18-3-2-8-32-18)23-26-13-19(34-23)22(31)25-12-16-4-6-28-7-5-24-20(28)10-16/h4-7,9-10,13,18H,2-3,8,11-12,14H2,1H3,(H,25,31)/t18-/m1/s1. The molecule has 1 N–H and O–H groups in total. The third kappa shape index (κ3) is 5.00. The Hall–Kier alpha value is -3.57. The smallest absolute Gasteiger partial charge is 0.263 e. The molecule has 0 saturated carbocycles. The zero-order chi connectivity index (χ0) is 23.5. The van der Waals surface area contributed by atoms with Crippen molar-refractivity contribution in [1.82, 2.24) is 24.8 Å². The van der Waals surface area contributed by atoms with Gasteiger partial charge in [-0.15, -0.1) is 0 Å². The Morgan fingerprint density at radius 1 is 1.29 bits per heavy atom. The van der Waals surface area contributed by atoms with Crippen LogP contribution in [0.2, 0.25) is 0 Å². The van der Waals surface area contributed by atoms with Gasteiger partial charge in [-0.25, -0.2) is 9.97 Å². The van der Waals surface area contributed by atoms with E-state index in [1.165, 1.54) is 17.5 Å². The number of fused-ring (bicyclic) bond motifs is 1. The highest BCUT2D eigenvalue weighted by Gasteiger charge is 2.27. The van der Waals surface area contributed by atoms with Crippen molar-refractivity contribution in [3.8, 4) is 0 Å². The topological polar surface area (TPSA) is 115 Å². The van der Waals surface area contributed by atoms with Gasteiger partial charge < -0.3 is 19.0 Å². The molecule has 11 heteroatoms. The molecule has 5 heterocycles. The molecule has 0 radical (unpaired) electrons. The minimum atomic E-state index is -0.247. The molecule has 34 heavy (non-hydrogen) atoms. The molecule has 4 aromatic rings. The first-order valence-corrected chi connectivity index (χ1v) is 11.9. The van der Waals surface area contributed by atoms with Gasteiger partial charge in [0.15, 0.2) is 5.13 Å². The number of nitrogens with one attached hydrogen (secondary N) is 1. The molecular weight excluding hydrogens is 456 g/mol. The summed E-state index contributed by atoms with van der Waals surface area (Å²) in [6.45, 7) is 3.21. The molecule has 0 aliphatic carbocycles. The molecule has 5 rings (SSSR count). The molecule has 0 aromatic carbocycles. The van der Waals surface area contributed by atoms with Gasteiger partial charge in [0, 0.05) is 37.8 Å². The Balaban J connectivity index is 1.27. The molecule has 1 saturated heterocycles. The first kappa shape index (κ1) is 22.2. The number of pyridine rings is 1. The first-order chi connectivity index (χ1) is 16.5. The second-order valence-corrected chi connectivity index (χ2v) is 9.17. The number of rotatable bonds is 8. The van der Waals surface area contributed by atoms with Crippen LogP contribution >= 0.6 is 11.3 Å². The van der Waals surface area contributed by atoms with E-state index in [0.717, 1.165) is 24.1 Å². The Kier molecular flexibility index (Phi) is 6.37. The van der Waals surface area contributed by atoms with Crippen LogP contribution in [-0.2, 0) is 22.5 Å². The number of anilines is 1. The molecule has 1 aliphatic heterocycles. The number of imidazole rings is 1. The number of nitrogens with zero attached hydrogens (tertiary/aromatic N) is 5. The SMILES string of the molecule is Cc1cc(CC(=O)N(C[C@H]2CCCO2)c2ncc(C(=O)NCc3ccn4ccnc4c3)s2)no1.